The molecule has 1 fully saturated rings. The first-order valence-electron chi connectivity index (χ1n) is 9.74. The van der Waals surface area contributed by atoms with Gasteiger partial charge in [-0.05, 0) is 38.3 Å². The van der Waals surface area contributed by atoms with Crippen LogP contribution in [0.15, 0.2) is 0 Å². The van der Waals surface area contributed by atoms with E-state index in [0.717, 1.165) is 18.0 Å². The molecule has 2 atom stereocenters. The van der Waals surface area contributed by atoms with Gasteiger partial charge in [-0.3, -0.25) is 4.90 Å². The van der Waals surface area contributed by atoms with E-state index in [9.17, 15) is 0 Å². The van der Waals surface area contributed by atoms with Gasteiger partial charge in [0.05, 0.1) is 0 Å². The molecule has 0 aromatic rings. The van der Waals surface area contributed by atoms with Gasteiger partial charge in [-0.15, -0.1) is 0 Å². The third-order valence-corrected chi connectivity index (χ3v) is 5.41. The maximum absolute atomic E-state index is 3.87. The molecule has 1 aliphatic carbocycles. The van der Waals surface area contributed by atoms with Gasteiger partial charge in [-0.1, -0.05) is 66.2 Å². The number of hydrogen-bond acceptors (Lipinski definition) is 2. The second-order valence-electron chi connectivity index (χ2n) is 6.89. The van der Waals surface area contributed by atoms with Crippen molar-refractivity contribution in [1.82, 2.24) is 10.2 Å². The average molecular weight is 297 g/mol. The second kappa shape index (κ2) is 11.5. The van der Waals surface area contributed by atoms with Gasteiger partial charge in [-0.25, -0.2) is 0 Å². The topological polar surface area (TPSA) is 15.3 Å². The van der Waals surface area contributed by atoms with Crippen LogP contribution in [0.25, 0.3) is 0 Å². The molecule has 2 unspecified atom stereocenters. The predicted octanol–water partition coefficient (Wildman–Crippen LogP) is 4.84. The molecular formula is C19H40N2. The lowest BCUT2D eigenvalue weighted by Crippen LogP contribution is -2.52. The van der Waals surface area contributed by atoms with E-state index in [2.05, 4.69) is 37.9 Å². The van der Waals surface area contributed by atoms with Crippen LogP contribution in [0.4, 0.5) is 0 Å². The summed E-state index contributed by atoms with van der Waals surface area (Å²) in [6.45, 7) is 13.1. The summed E-state index contributed by atoms with van der Waals surface area (Å²) >= 11 is 0. The van der Waals surface area contributed by atoms with Gasteiger partial charge in [0.15, 0.2) is 0 Å². The molecule has 0 aliphatic heterocycles. The molecule has 126 valence electrons. The number of nitrogens with zero attached hydrogens (tertiary/aromatic N) is 1. The Morgan fingerprint density at radius 2 is 1.62 bits per heavy atom. The lowest BCUT2D eigenvalue weighted by atomic mass is 9.90. The van der Waals surface area contributed by atoms with Crippen molar-refractivity contribution in [2.45, 2.75) is 97.6 Å². The summed E-state index contributed by atoms with van der Waals surface area (Å²) < 4.78 is 0. The normalized spacial score (nSPS) is 24.3. The predicted molar refractivity (Wildman–Crippen MR) is 94.9 cm³/mol. The smallest absolute Gasteiger partial charge is 0.0249 e. The first-order chi connectivity index (χ1) is 10.3. The fraction of sp³-hybridized carbons (Fsp3) is 1.00. The minimum atomic E-state index is 0.722. The van der Waals surface area contributed by atoms with Crippen LogP contribution in [0.5, 0.6) is 0 Å². The van der Waals surface area contributed by atoms with E-state index >= 15 is 0 Å². The highest BCUT2D eigenvalue weighted by Gasteiger charge is 2.27. The summed E-state index contributed by atoms with van der Waals surface area (Å²) in [5.41, 5.74) is 0. The molecule has 2 heteroatoms. The molecule has 1 N–H and O–H groups in total. The highest BCUT2D eigenvalue weighted by atomic mass is 15.2. The fourth-order valence-electron chi connectivity index (χ4n) is 3.85. The fourth-order valence-corrected chi connectivity index (χ4v) is 3.85. The lowest BCUT2D eigenvalue weighted by molar-refractivity contribution is 0.117. The SMILES string of the molecule is CCCNC1CCCCCCC1N(CC)CC(CC)CC. The van der Waals surface area contributed by atoms with Crippen molar-refractivity contribution in [3.05, 3.63) is 0 Å². The van der Waals surface area contributed by atoms with Crippen LogP contribution in [-0.2, 0) is 0 Å². The van der Waals surface area contributed by atoms with Gasteiger partial charge in [0.2, 0.25) is 0 Å². The van der Waals surface area contributed by atoms with E-state index < -0.39 is 0 Å². The maximum Gasteiger partial charge on any atom is 0.0249 e. The molecule has 0 amide bonds. The van der Waals surface area contributed by atoms with E-state index in [1.807, 2.05) is 0 Å². The van der Waals surface area contributed by atoms with E-state index in [-0.39, 0.29) is 0 Å². The van der Waals surface area contributed by atoms with E-state index in [4.69, 9.17) is 0 Å². The molecule has 0 radical (unpaired) electrons. The Kier molecular flexibility index (Phi) is 10.4. The molecule has 1 rings (SSSR count). The zero-order chi connectivity index (χ0) is 15.5. The van der Waals surface area contributed by atoms with Crippen molar-refractivity contribution in [3.63, 3.8) is 0 Å². The van der Waals surface area contributed by atoms with Crippen LogP contribution in [-0.4, -0.2) is 36.6 Å². The largest absolute Gasteiger partial charge is 0.312 e. The molecule has 1 saturated carbocycles. The van der Waals surface area contributed by atoms with E-state index in [1.165, 1.54) is 77.4 Å². The Morgan fingerprint density at radius 3 is 2.19 bits per heavy atom. The molecule has 0 spiro atoms. The van der Waals surface area contributed by atoms with E-state index in [1.54, 1.807) is 0 Å². The third kappa shape index (κ3) is 6.69. The lowest BCUT2D eigenvalue weighted by Gasteiger charge is -2.40. The minimum Gasteiger partial charge on any atom is -0.312 e. The Hall–Kier alpha value is -0.0800. The first-order valence-corrected chi connectivity index (χ1v) is 9.74. The van der Waals surface area contributed by atoms with Crippen molar-refractivity contribution in [3.8, 4) is 0 Å². The summed E-state index contributed by atoms with van der Waals surface area (Å²) in [6, 6.07) is 1.49. The third-order valence-electron chi connectivity index (χ3n) is 5.41. The number of nitrogens with one attached hydrogen (secondary N) is 1. The Labute approximate surface area is 134 Å². The Morgan fingerprint density at radius 1 is 0.952 bits per heavy atom. The van der Waals surface area contributed by atoms with Gasteiger partial charge < -0.3 is 5.32 Å². The van der Waals surface area contributed by atoms with Gasteiger partial charge in [0.25, 0.3) is 0 Å². The van der Waals surface area contributed by atoms with Crippen LogP contribution < -0.4 is 5.32 Å². The zero-order valence-electron chi connectivity index (χ0n) is 15.2. The van der Waals surface area contributed by atoms with Crippen molar-refractivity contribution in [2.75, 3.05) is 19.6 Å². The average Bonchev–Trinajstić information content (AvgIpc) is 2.49. The van der Waals surface area contributed by atoms with Crippen LogP contribution in [0.2, 0.25) is 0 Å². The van der Waals surface area contributed by atoms with Gasteiger partial charge >= 0.3 is 0 Å². The molecule has 1 aliphatic rings. The summed E-state index contributed by atoms with van der Waals surface area (Å²) in [5, 5.41) is 3.87. The second-order valence-corrected chi connectivity index (χ2v) is 6.89. The van der Waals surface area contributed by atoms with E-state index in [0.29, 0.717) is 0 Å². The maximum atomic E-state index is 3.87. The van der Waals surface area contributed by atoms with Crippen molar-refractivity contribution >= 4 is 0 Å². The standard InChI is InChI=1S/C19H40N2/c1-5-15-20-18-13-11-9-10-12-14-19(18)21(8-4)16-17(6-2)7-3/h17-20H,5-16H2,1-4H3. The monoisotopic (exact) mass is 296 g/mol. The zero-order valence-corrected chi connectivity index (χ0v) is 15.2. The van der Waals surface area contributed by atoms with Gasteiger partial charge in [0, 0.05) is 18.6 Å². The molecular weight excluding hydrogens is 256 g/mol. The molecule has 0 bridgehead atoms. The van der Waals surface area contributed by atoms with Crippen LogP contribution in [0, 0.1) is 5.92 Å². The highest BCUT2D eigenvalue weighted by Crippen LogP contribution is 2.24. The van der Waals surface area contributed by atoms with Crippen molar-refractivity contribution in [2.24, 2.45) is 5.92 Å². The van der Waals surface area contributed by atoms with Crippen LogP contribution in [0.1, 0.15) is 85.5 Å². The summed E-state index contributed by atoms with van der Waals surface area (Å²) in [6.07, 6.45) is 12.4. The quantitative estimate of drug-likeness (QED) is 0.655. The summed E-state index contributed by atoms with van der Waals surface area (Å²) in [5.74, 6) is 0.877. The van der Waals surface area contributed by atoms with Crippen LogP contribution in [0.3, 0.4) is 0 Å². The highest BCUT2D eigenvalue weighted by molar-refractivity contribution is 4.86. The number of rotatable bonds is 9. The minimum absolute atomic E-state index is 0.722. The van der Waals surface area contributed by atoms with Gasteiger partial charge in [-0.2, -0.15) is 0 Å². The summed E-state index contributed by atoms with van der Waals surface area (Å²) in [4.78, 5) is 2.80. The van der Waals surface area contributed by atoms with Crippen molar-refractivity contribution < 1.29 is 0 Å². The van der Waals surface area contributed by atoms with Crippen LogP contribution >= 0.6 is 0 Å². The van der Waals surface area contributed by atoms with Gasteiger partial charge in [0.1, 0.15) is 0 Å². The molecule has 0 saturated heterocycles. The molecule has 2 nitrogen and oxygen atoms in total. The molecule has 21 heavy (non-hydrogen) atoms. The number of hydrogen-bond donors (Lipinski definition) is 1. The number of likely N-dealkylation sites (N-methyl/N-ethyl adjacent to an activating group) is 1. The molecule has 0 aromatic carbocycles. The summed E-state index contributed by atoms with van der Waals surface area (Å²) in [7, 11) is 0. The molecule has 0 heterocycles. The Bertz CT molecular complexity index is 236. The van der Waals surface area contributed by atoms with Crippen molar-refractivity contribution in [1.29, 1.82) is 0 Å². The Balaban J connectivity index is 2.70. The molecule has 0 aromatic heterocycles. The first kappa shape index (κ1) is 19.0.